The Labute approximate surface area is 168 Å². The van der Waals surface area contributed by atoms with E-state index in [0.717, 1.165) is 32.1 Å². The van der Waals surface area contributed by atoms with Crippen LogP contribution in [0.5, 0.6) is 0 Å². The zero-order valence-electron chi connectivity index (χ0n) is 17.1. The van der Waals surface area contributed by atoms with Crippen LogP contribution in [0.25, 0.3) is 0 Å². The third-order valence-corrected chi connectivity index (χ3v) is 6.18. The first-order valence-corrected chi connectivity index (χ1v) is 11.2. The number of aryl methyl sites for hydroxylation is 1. The van der Waals surface area contributed by atoms with Gasteiger partial charge in [-0.05, 0) is 36.5 Å². The molecule has 27 heavy (non-hydrogen) atoms. The summed E-state index contributed by atoms with van der Waals surface area (Å²) in [5.41, 5.74) is 1.85. The number of ether oxygens (including phenoxy) is 1. The Kier molecular flexibility index (Phi) is 8.68. The summed E-state index contributed by atoms with van der Waals surface area (Å²) in [5.74, 6) is 0.574. The minimum absolute atomic E-state index is 0.0477. The third-order valence-electron chi connectivity index (χ3n) is 4.82. The van der Waals surface area contributed by atoms with Gasteiger partial charge in [0.25, 0.3) is 5.91 Å². The van der Waals surface area contributed by atoms with Crippen molar-refractivity contribution in [2.24, 2.45) is 5.92 Å². The first-order valence-electron chi connectivity index (χ1n) is 10.2. The molecule has 4 nitrogen and oxygen atoms in total. The van der Waals surface area contributed by atoms with Gasteiger partial charge in [0, 0.05) is 11.3 Å². The lowest BCUT2D eigenvalue weighted by Gasteiger charge is -2.28. The second-order valence-electron chi connectivity index (χ2n) is 7.59. The number of hydrogen-bond acceptors (Lipinski definition) is 4. The fraction of sp³-hybridized carbons (Fsp3) is 0.636. The van der Waals surface area contributed by atoms with E-state index in [1.807, 2.05) is 38.1 Å². The molecule has 0 saturated carbocycles. The highest BCUT2D eigenvalue weighted by molar-refractivity contribution is 8.00. The summed E-state index contributed by atoms with van der Waals surface area (Å²) in [4.78, 5) is 27.7. The molecule has 5 heteroatoms. The van der Waals surface area contributed by atoms with Gasteiger partial charge in [0.15, 0.2) is 0 Å². The van der Waals surface area contributed by atoms with Crippen LogP contribution >= 0.6 is 11.8 Å². The predicted molar refractivity (Wildman–Crippen MR) is 112 cm³/mol. The number of carbonyl (C=O) groups is 2. The molecule has 1 heterocycles. The van der Waals surface area contributed by atoms with Gasteiger partial charge in [0.05, 0.1) is 12.0 Å². The summed E-state index contributed by atoms with van der Waals surface area (Å²) in [6.45, 7) is 8.70. The van der Waals surface area contributed by atoms with Crippen molar-refractivity contribution in [3.63, 3.8) is 0 Å². The van der Waals surface area contributed by atoms with Gasteiger partial charge in [0.2, 0.25) is 0 Å². The first-order chi connectivity index (χ1) is 13.0. The molecule has 1 aromatic rings. The highest BCUT2D eigenvalue weighted by atomic mass is 32.2. The molecule has 2 atom stereocenters. The molecule has 1 aliphatic rings. The number of thioether (sulfide) groups is 1. The van der Waals surface area contributed by atoms with Crippen molar-refractivity contribution >= 4 is 23.6 Å². The van der Waals surface area contributed by atoms with Crippen molar-refractivity contribution in [2.75, 3.05) is 12.4 Å². The number of rotatable bonds is 9. The maximum Gasteiger partial charge on any atom is 0.329 e. The Morgan fingerprint density at radius 1 is 1.19 bits per heavy atom. The summed E-state index contributed by atoms with van der Waals surface area (Å²) >= 11 is 1.71. The summed E-state index contributed by atoms with van der Waals surface area (Å²) in [6.07, 6.45) is 5.22. The first kappa shape index (κ1) is 21.8. The number of esters is 1. The molecule has 1 saturated heterocycles. The zero-order chi connectivity index (χ0) is 19.8. The number of amides is 1. The Morgan fingerprint density at radius 2 is 1.89 bits per heavy atom. The van der Waals surface area contributed by atoms with Gasteiger partial charge in [-0.2, -0.15) is 0 Å². The van der Waals surface area contributed by atoms with Crippen molar-refractivity contribution in [3.05, 3.63) is 35.4 Å². The van der Waals surface area contributed by atoms with E-state index in [0.29, 0.717) is 17.9 Å². The topological polar surface area (TPSA) is 46.6 Å². The minimum atomic E-state index is -0.487. The Bertz CT molecular complexity index is 614. The van der Waals surface area contributed by atoms with E-state index < -0.39 is 6.04 Å². The van der Waals surface area contributed by atoms with Crippen LogP contribution in [0.1, 0.15) is 69.3 Å². The van der Waals surface area contributed by atoms with Crippen LogP contribution in [0, 0.1) is 5.92 Å². The molecule has 150 valence electrons. The zero-order valence-corrected chi connectivity index (χ0v) is 17.9. The van der Waals surface area contributed by atoms with Gasteiger partial charge in [0.1, 0.15) is 6.04 Å². The normalized spacial score (nSPS) is 19.5. The molecule has 2 unspecified atom stereocenters. The standard InChI is InChI=1S/C22H33NO3S/c1-5-7-8-9-20-23(19(15-27-20)22(25)26-14-16(3)4)21(24)18-12-10-17(6-2)11-13-18/h10-13,16,19-20H,5-9,14-15H2,1-4H3. The van der Waals surface area contributed by atoms with Crippen LogP contribution in [-0.2, 0) is 16.0 Å². The third kappa shape index (κ3) is 6.00. The van der Waals surface area contributed by atoms with E-state index in [9.17, 15) is 9.59 Å². The predicted octanol–water partition coefficient (Wildman–Crippen LogP) is 4.91. The van der Waals surface area contributed by atoms with E-state index in [4.69, 9.17) is 4.74 Å². The number of carbonyl (C=O) groups excluding carboxylic acids is 2. The van der Waals surface area contributed by atoms with Crippen molar-refractivity contribution in [2.45, 2.75) is 71.2 Å². The largest absolute Gasteiger partial charge is 0.464 e. The average molecular weight is 392 g/mol. The molecule has 2 rings (SSSR count). The maximum atomic E-state index is 13.2. The molecule has 1 amide bonds. The lowest BCUT2D eigenvalue weighted by molar-refractivity contribution is -0.149. The number of nitrogens with zero attached hydrogens (tertiary/aromatic N) is 1. The van der Waals surface area contributed by atoms with Crippen molar-refractivity contribution in [3.8, 4) is 0 Å². The monoisotopic (exact) mass is 391 g/mol. The number of unbranched alkanes of at least 4 members (excludes halogenated alkanes) is 2. The molecule has 0 bridgehead atoms. The van der Waals surface area contributed by atoms with E-state index in [1.54, 1.807) is 16.7 Å². The molecular formula is C22H33NO3S. The van der Waals surface area contributed by atoms with Crippen molar-refractivity contribution in [1.29, 1.82) is 0 Å². The second-order valence-corrected chi connectivity index (χ2v) is 8.80. The Balaban J connectivity index is 2.17. The SMILES string of the molecule is CCCCCC1SCC(C(=O)OCC(C)C)N1C(=O)c1ccc(CC)cc1. The summed E-state index contributed by atoms with van der Waals surface area (Å²) in [6, 6.07) is 7.26. The lowest BCUT2D eigenvalue weighted by Crippen LogP contribution is -2.46. The van der Waals surface area contributed by atoms with E-state index in [-0.39, 0.29) is 23.2 Å². The number of benzene rings is 1. The molecule has 1 aromatic carbocycles. The van der Waals surface area contributed by atoms with Crippen LogP contribution in [0.15, 0.2) is 24.3 Å². The van der Waals surface area contributed by atoms with Gasteiger partial charge in [-0.3, -0.25) is 4.79 Å². The van der Waals surface area contributed by atoms with Crippen molar-refractivity contribution in [1.82, 2.24) is 4.90 Å². The smallest absolute Gasteiger partial charge is 0.329 e. The molecular weight excluding hydrogens is 358 g/mol. The molecule has 0 aliphatic carbocycles. The van der Waals surface area contributed by atoms with Crippen LogP contribution in [0.4, 0.5) is 0 Å². The minimum Gasteiger partial charge on any atom is -0.464 e. The molecule has 0 spiro atoms. The Hall–Kier alpha value is -1.49. The van der Waals surface area contributed by atoms with E-state index in [2.05, 4.69) is 13.8 Å². The van der Waals surface area contributed by atoms with Crippen molar-refractivity contribution < 1.29 is 14.3 Å². The second kappa shape index (κ2) is 10.7. The quantitative estimate of drug-likeness (QED) is 0.443. The van der Waals surface area contributed by atoms with Gasteiger partial charge >= 0.3 is 5.97 Å². The van der Waals surface area contributed by atoms with E-state index in [1.165, 1.54) is 5.56 Å². The highest BCUT2D eigenvalue weighted by Gasteiger charge is 2.42. The van der Waals surface area contributed by atoms with Crippen LogP contribution in [0.2, 0.25) is 0 Å². The van der Waals surface area contributed by atoms with Gasteiger partial charge < -0.3 is 9.64 Å². The average Bonchev–Trinajstić information content (AvgIpc) is 3.09. The van der Waals surface area contributed by atoms with Crippen LogP contribution in [0.3, 0.4) is 0 Å². The molecule has 0 N–H and O–H groups in total. The number of hydrogen-bond donors (Lipinski definition) is 0. The Morgan fingerprint density at radius 3 is 2.48 bits per heavy atom. The van der Waals surface area contributed by atoms with Gasteiger partial charge in [-0.1, -0.05) is 59.1 Å². The van der Waals surface area contributed by atoms with E-state index >= 15 is 0 Å². The molecule has 1 aliphatic heterocycles. The van der Waals surface area contributed by atoms with Gasteiger partial charge in [-0.25, -0.2) is 4.79 Å². The van der Waals surface area contributed by atoms with Gasteiger partial charge in [-0.15, -0.1) is 11.8 Å². The fourth-order valence-corrected chi connectivity index (χ4v) is 4.62. The molecule has 0 aromatic heterocycles. The lowest BCUT2D eigenvalue weighted by atomic mass is 10.1. The molecule has 1 fully saturated rings. The maximum absolute atomic E-state index is 13.2. The summed E-state index contributed by atoms with van der Waals surface area (Å²) in [7, 11) is 0. The fourth-order valence-electron chi connectivity index (χ4n) is 3.19. The van der Waals surface area contributed by atoms with Crippen LogP contribution < -0.4 is 0 Å². The summed E-state index contributed by atoms with van der Waals surface area (Å²) < 4.78 is 5.47. The highest BCUT2D eigenvalue weighted by Crippen LogP contribution is 2.34. The van der Waals surface area contributed by atoms with Crippen LogP contribution in [-0.4, -0.2) is 40.6 Å². The molecule has 0 radical (unpaired) electrons. The summed E-state index contributed by atoms with van der Waals surface area (Å²) in [5, 5.41) is 0.0477.